The van der Waals surface area contributed by atoms with Crippen molar-refractivity contribution in [3.63, 3.8) is 0 Å². The summed E-state index contributed by atoms with van der Waals surface area (Å²) in [5, 5.41) is 6.65. The molecule has 6 heteroatoms. The number of imidazole rings is 1. The van der Waals surface area contributed by atoms with Crippen molar-refractivity contribution >= 4 is 17.0 Å². The molecule has 1 unspecified atom stereocenters. The summed E-state index contributed by atoms with van der Waals surface area (Å²) in [7, 11) is 1.79. The summed E-state index contributed by atoms with van der Waals surface area (Å²) in [5.41, 5.74) is 2.19. The number of aromatic nitrogens is 2. The molecule has 1 aliphatic rings. The van der Waals surface area contributed by atoms with Gasteiger partial charge in [-0.2, -0.15) is 0 Å². The van der Waals surface area contributed by atoms with Gasteiger partial charge >= 0.3 is 0 Å². The van der Waals surface area contributed by atoms with Crippen LogP contribution in [0.1, 0.15) is 12.8 Å². The molecule has 2 heterocycles. The number of aliphatic imine (C=N–C) groups is 1. The molecule has 22 heavy (non-hydrogen) atoms. The van der Waals surface area contributed by atoms with Crippen molar-refractivity contribution in [2.45, 2.75) is 25.5 Å². The van der Waals surface area contributed by atoms with Crippen LogP contribution in [0.5, 0.6) is 0 Å². The van der Waals surface area contributed by atoms with E-state index in [9.17, 15) is 0 Å². The fourth-order valence-electron chi connectivity index (χ4n) is 2.72. The highest BCUT2D eigenvalue weighted by Gasteiger charge is 2.15. The van der Waals surface area contributed by atoms with Gasteiger partial charge in [-0.3, -0.25) is 4.99 Å². The number of guanidine groups is 1. The van der Waals surface area contributed by atoms with Crippen LogP contribution < -0.4 is 10.6 Å². The third-order valence-electron chi connectivity index (χ3n) is 3.92. The maximum atomic E-state index is 5.60. The molecule has 0 bridgehead atoms. The zero-order valence-corrected chi connectivity index (χ0v) is 13.0. The zero-order valence-electron chi connectivity index (χ0n) is 13.0. The van der Waals surface area contributed by atoms with Crippen molar-refractivity contribution in [2.75, 3.05) is 26.7 Å². The van der Waals surface area contributed by atoms with E-state index < -0.39 is 0 Å². The van der Waals surface area contributed by atoms with Crippen LogP contribution in [0.2, 0.25) is 0 Å². The van der Waals surface area contributed by atoms with Gasteiger partial charge in [0.1, 0.15) is 0 Å². The minimum atomic E-state index is 0.316. The standard InChI is InChI=1S/C16H23N5O/c1-17-16(19-11-13-5-4-10-22-13)18-8-9-21-12-20-14-6-2-3-7-15(14)21/h2-3,6-7,12-13H,4-5,8-11H2,1H3,(H2,17,18,19). The van der Waals surface area contributed by atoms with Gasteiger partial charge in [0.15, 0.2) is 5.96 Å². The van der Waals surface area contributed by atoms with Crippen LogP contribution in [-0.4, -0.2) is 48.4 Å². The molecule has 3 rings (SSSR count). The number of nitrogens with zero attached hydrogens (tertiary/aromatic N) is 3. The summed E-state index contributed by atoms with van der Waals surface area (Å²) >= 11 is 0. The van der Waals surface area contributed by atoms with Gasteiger partial charge < -0.3 is 19.9 Å². The first-order valence-corrected chi connectivity index (χ1v) is 7.83. The Bertz CT molecular complexity index is 630. The van der Waals surface area contributed by atoms with Gasteiger partial charge in [0.05, 0.1) is 23.5 Å². The molecule has 2 aromatic rings. The lowest BCUT2D eigenvalue weighted by Crippen LogP contribution is -2.42. The Labute approximate surface area is 130 Å². The van der Waals surface area contributed by atoms with Gasteiger partial charge in [0.2, 0.25) is 0 Å². The number of hydrogen-bond donors (Lipinski definition) is 2. The highest BCUT2D eigenvalue weighted by atomic mass is 16.5. The van der Waals surface area contributed by atoms with Crippen molar-refractivity contribution in [1.82, 2.24) is 20.2 Å². The molecule has 1 saturated heterocycles. The lowest BCUT2D eigenvalue weighted by Gasteiger charge is -2.15. The second kappa shape index (κ2) is 7.26. The third kappa shape index (κ3) is 3.57. The van der Waals surface area contributed by atoms with Crippen LogP contribution in [0.25, 0.3) is 11.0 Å². The lowest BCUT2D eigenvalue weighted by atomic mass is 10.2. The van der Waals surface area contributed by atoms with Gasteiger partial charge in [-0.15, -0.1) is 0 Å². The molecule has 1 aromatic heterocycles. The van der Waals surface area contributed by atoms with Crippen LogP contribution in [0.3, 0.4) is 0 Å². The summed E-state index contributed by atoms with van der Waals surface area (Å²) in [4.78, 5) is 8.64. The first kappa shape index (κ1) is 14.8. The fourth-order valence-corrected chi connectivity index (χ4v) is 2.72. The van der Waals surface area contributed by atoms with E-state index in [1.54, 1.807) is 7.05 Å². The summed E-state index contributed by atoms with van der Waals surface area (Å²) < 4.78 is 7.75. The van der Waals surface area contributed by atoms with Gasteiger partial charge in [-0.05, 0) is 25.0 Å². The molecule has 2 N–H and O–H groups in total. The number of ether oxygens (including phenoxy) is 1. The molecule has 1 aromatic carbocycles. The van der Waals surface area contributed by atoms with Crippen molar-refractivity contribution in [3.8, 4) is 0 Å². The van der Waals surface area contributed by atoms with Crippen LogP contribution in [0.4, 0.5) is 0 Å². The van der Waals surface area contributed by atoms with E-state index in [1.807, 2.05) is 24.5 Å². The number of fused-ring (bicyclic) bond motifs is 1. The summed E-state index contributed by atoms with van der Waals surface area (Å²) in [6, 6.07) is 8.17. The minimum absolute atomic E-state index is 0.316. The molecule has 0 saturated carbocycles. The van der Waals surface area contributed by atoms with Crippen molar-refractivity contribution < 1.29 is 4.74 Å². The highest BCUT2D eigenvalue weighted by Crippen LogP contribution is 2.11. The normalized spacial score (nSPS) is 18.8. The predicted octanol–water partition coefficient (Wildman–Crippen LogP) is 1.38. The molecule has 0 spiro atoms. The van der Waals surface area contributed by atoms with E-state index >= 15 is 0 Å². The molecule has 0 amide bonds. The van der Waals surface area contributed by atoms with Crippen LogP contribution in [0.15, 0.2) is 35.6 Å². The number of benzene rings is 1. The molecular weight excluding hydrogens is 278 g/mol. The molecule has 118 valence electrons. The van der Waals surface area contributed by atoms with Crippen molar-refractivity contribution in [3.05, 3.63) is 30.6 Å². The van der Waals surface area contributed by atoms with Gasteiger partial charge in [-0.25, -0.2) is 4.98 Å². The number of nitrogens with one attached hydrogen (secondary N) is 2. The Balaban J connectivity index is 1.46. The van der Waals surface area contributed by atoms with Gasteiger partial charge in [0, 0.05) is 33.3 Å². The molecule has 6 nitrogen and oxygen atoms in total. The average molecular weight is 301 g/mol. The van der Waals surface area contributed by atoms with E-state index in [-0.39, 0.29) is 0 Å². The number of hydrogen-bond acceptors (Lipinski definition) is 3. The minimum Gasteiger partial charge on any atom is -0.376 e. The van der Waals surface area contributed by atoms with Gasteiger partial charge in [0.25, 0.3) is 0 Å². The van der Waals surface area contributed by atoms with Crippen LogP contribution in [0, 0.1) is 0 Å². The van der Waals surface area contributed by atoms with Gasteiger partial charge in [-0.1, -0.05) is 12.1 Å². The SMILES string of the molecule is CN=C(NCCn1cnc2ccccc21)NCC1CCCO1. The monoisotopic (exact) mass is 301 g/mol. The molecule has 0 radical (unpaired) electrons. The maximum absolute atomic E-state index is 5.60. The van der Waals surface area contributed by atoms with E-state index in [1.165, 1.54) is 0 Å². The van der Waals surface area contributed by atoms with E-state index in [2.05, 4.69) is 31.2 Å². The summed E-state index contributed by atoms with van der Waals surface area (Å²) in [6.45, 7) is 3.34. The highest BCUT2D eigenvalue weighted by molar-refractivity contribution is 5.79. The van der Waals surface area contributed by atoms with E-state index in [4.69, 9.17) is 4.74 Å². The quantitative estimate of drug-likeness (QED) is 0.647. The number of rotatable bonds is 5. The topological polar surface area (TPSA) is 63.5 Å². The second-order valence-electron chi connectivity index (χ2n) is 5.44. The predicted molar refractivity (Wildman–Crippen MR) is 88.1 cm³/mol. The van der Waals surface area contributed by atoms with Crippen molar-refractivity contribution in [1.29, 1.82) is 0 Å². The molecule has 1 atom stereocenters. The second-order valence-corrected chi connectivity index (χ2v) is 5.44. The maximum Gasteiger partial charge on any atom is 0.191 e. The Kier molecular flexibility index (Phi) is 4.90. The average Bonchev–Trinajstić information content (AvgIpc) is 3.20. The Morgan fingerprint density at radius 3 is 3.14 bits per heavy atom. The molecule has 1 aliphatic heterocycles. The first-order valence-electron chi connectivity index (χ1n) is 7.83. The summed E-state index contributed by atoms with van der Waals surface area (Å²) in [5.74, 6) is 0.819. The largest absolute Gasteiger partial charge is 0.376 e. The van der Waals surface area contributed by atoms with E-state index in [0.717, 1.165) is 56.1 Å². The molecule has 0 aliphatic carbocycles. The Hall–Kier alpha value is -2.08. The van der Waals surface area contributed by atoms with Crippen molar-refractivity contribution in [2.24, 2.45) is 4.99 Å². The van der Waals surface area contributed by atoms with Crippen LogP contribution in [-0.2, 0) is 11.3 Å². The Morgan fingerprint density at radius 1 is 1.41 bits per heavy atom. The summed E-state index contributed by atoms with van der Waals surface area (Å²) in [6.07, 6.45) is 4.49. The zero-order chi connectivity index (χ0) is 15.2. The molecule has 1 fully saturated rings. The van der Waals surface area contributed by atoms with Crippen LogP contribution >= 0.6 is 0 Å². The molecular formula is C16H23N5O. The fraction of sp³-hybridized carbons (Fsp3) is 0.500. The Morgan fingerprint density at radius 2 is 2.32 bits per heavy atom. The first-order chi connectivity index (χ1) is 10.9. The number of para-hydroxylation sites is 2. The lowest BCUT2D eigenvalue weighted by molar-refractivity contribution is 0.114. The third-order valence-corrected chi connectivity index (χ3v) is 3.92. The van der Waals surface area contributed by atoms with E-state index in [0.29, 0.717) is 6.10 Å². The smallest absolute Gasteiger partial charge is 0.191 e.